The number of rotatable bonds is 6. The SMILES string of the molecule is Fc1cc(-c2c(F)cc(C(F)(F)Oc3c(F)cc(C4CCC(C5CCC5)CC4)cc3F)cc2F)cc(F)c1F. The van der Waals surface area contributed by atoms with E-state index in [4.69, 9.17) is 0 Å². The molecule has 0 saturated heterocycles. The van der Waals surface area contributed by atoms with Crippen molar-refractivity contribution < 1.29 is 44.3 Å². The molecule has 39 heavy (non-hydrogen) atoms. The highest BCUT2D eigenvalue weighted by atomic mass is 19.3. The number of hydrogen-bond acceptors (Lipinski definition) is 1. The molecule has 0 bridgehead atoms. The van der Waals surface area contributed by atoms with Gasteiger partial charge in [-0.1, -0.05) is 19.3 Å². The third-order valence-corrected chi connectivity index (χ3v) is 7.96. The number of benzene rings is 3. The zero-order chi connectivity index (χ0) is 28.1. The highest BCUT2D eigenvalue weighted by molar-refractivity contribution is 5.65. The lowest BCUT2D eigenvalue weighted by atomic mass is 9.67. The van der Waals surface area contributed by atoms with Crippen LogP contribution in [0.2, 0.25) is 0 Å². The zero-order valence-electron chi connectivity index (χ0n) is 20.5. The fourth-order valence-electron chi connectivity index (χ4n) is 5.65. The van der Waals surface area contributed by atoms with E-state index >= 15 is 0 Å². The Labute approximate surface area is 218 Å². The zero-order valence-corrected chi connectivity index (χ0v) is 20.5. The maximum Gasteiger partial charge on any atom is 0.427 e. The van der Waals surface area contributed by atoms with Crippen LogP contribution in [0.1, 0.15) is 62.0 Å². The molecule has 2 fully saturated rings. The summed E-state index contributed by atoms with van der Waals surface area (Å²) in [7, 11) is 0. The first-order valence-corrected chi connectivity index (χ1v) is 12.6. The van der Waals surface area contributed by atoms with Crippen molar-refractivity contribution in [3.8, 4) is 16.9 Å². The van der Waals surface area contributed by atoms with Crippen molar-refractivity contribution in [1.82, 2.24) is 0 Å². The van der Waals surface area contributed by atoms with E-state index < -0.39 is 69.3 Å². The molecule has 2 saturated carbocycles. The first kappa shape index (κ1) is 27.4. The number of hydrogen-bond donors (Lipinski definition) is 0. The summed E-state index contributed by atoms with van der Waals surface area (Å²) >= 11 is 0. The van der Waals surface area contributed by atoms with E-state index in [1.165, 1.54) is 19.3 Å². The molecule has 2 aliphatic carbocycles. The van der Waals surface area contributed by atoms with E-state index in [-0.39, 0.29) is 18.1 Å². The van der Waals surface area contributed by atoms with Crippen molar-refractivity contribution in [2.75, 3.05) is 0 Å². The lowest BCUT2D eigenvalue weighted by Gasteiger charge is -2.38. The van der Waals surface area contributed by atoms with Crippen molar-refractivity contribution >= 4 is 0 Å². The molecular formula is C29H23F9O. The number of ether oxygens (including phenoxy) is 1. The van der Waals surface area contributed by atoms with Gasteiger partial charge in [-0.3, -0.25) is 0 Å². The molecule has 0 amide bonds. The molecule has 208 valence electrons. The Balaban J connectivity index is 1.36. The van der Waals surface area contributed by atoms with Crippen LogP contribution in [0.15, 0.2) is 36.4 Å². The predicted octanol–water partition coefficient (Wildman–Crippen LogP) is 9.53. The highest BCUT2D eigenvalue weighted by Crippen LogP contribution is 2.46. The molecule has 0 aromatic heterocycles. The van der Waals surface area contributed by atoms with Gasteiger partial charge in [-0.2, -0.15) is 8.78 Å². The summed E-state index contributed by atoms with van der Waals surface area (Å²) in [6.07, 6.45) is 2.36. The van der Waals surface area contributed by atoms with E-state index in [0.717, 1.165) is 37.8 Å². The van der Waals surface area contributed by atoms with Gasteiger partial charge in [0.25, 0.3) is 0 Å². The monoisotopic (exact) mass is 558 g/mol. The maximum atomic E-state index is 14.8. The van der Waals surface area contributed by atoms with Crippen LogP contribution < -0.4 is 4.74 Å². The molecule has 10 heteroatoms. The van der Waals surface area contributed by atoms with E-state index in [9.17, 15) is 39.5 Å². The fourth-order valence-corrected chi connectivity index (χ4v) is 5.65. The lowest BCUT2D eigenvalue weighted by molar-refractivity contribution is -0.188. The maximum absolute atomic E-state index is 14.8. The minimum absolute atomic E-state index is 0.0995. The fraction of sp³-hybridized carbons (Fsp3) is 0.379. The molecule has 0 heterocycles. The Morgan fingerprint density at radius 1 is 0.590 bits per heavy atom. The van der Waals surface area contributed by atoms with Gasteiger partial charge in [-0.15, -0.1) is 0 Å². The van der Waals surface area contributed by atoms with E-state index in [1.807, 2.05) is 0 Å². The molecular weight excluding hydrogens is 535 g/mol. The summed E-state index contributed by atoms with van der Waals surface area (Å²) < 4.78 is 133. The Hall–Kier alpha value is -3.17. The predicted molar refractivity (Wildman–Crippen MR) is 125 cm³/mol. The molecule has 0 atom stereocenters. The Morgan fingerprint density at radius 3 is 1.59 bits per heavy atom. The topological polar surface area (TPSA) is 9.23 Å². The standard InChI is InChI=1S/C29H23F9O/c30-20-12-19(13-21(31)26(20)18-10-22(32)27(36)23(33)11-18)29(37,38)39-28-24(34)8-17(9-25(28)35)16-6-4-15(5-7-16)14-2-1-3-14/h8-16H,1-7H2. The average molecular weight is 558 g/mol. The van der Waals surface area contributed by atoms with Crippen LogP contribution in [-0.4, -0.2) is 0 Å². The van der Waals surface area contributed by atoms with Gasteiger partial charge in [0.15, 0.2) is 34.8 Å². The summed E-state index contributed by atoms with van der Waals surface area (Å²) in [5.74, 6) is -11.8. The summed E-state index contributed by atoms with van der Waals surface area (Å²) in [6.45, 7) is 0. The molecule has 1 nitrogen and oxygen atoms in total. The van der Waals surface area contributed by atoms with Gasteiger partial charge >= 0.3 is 6.11 Å². The van der Waals surface area contributed by atoms with Crippen LogP contribution in [0.25, 0.3) is 11.1 Å². The second kappa shape index (κ2) is 10.4. The van der Waals surface area contributed by atoms with Gasteiger partial charge in [-0.25, -0.2) is 30.7 Å². The van der Waals surface area contributed by atoms with Crippen LogP contribution in [0, 0.1) is 52.6 Å². The van der Waals surface area contributed by atoms with Crippen molar-refractivity contribution in [3.63, 3.8) is 0 Å². The summed E-state index contributed by atoms with van der Waals surface area (Å²) in [4.78, 5) is 0. The molecule has 5 rings (SSSR count). The first-order valence-electron chi connectivity index (χ1n) is 12.6. The molecule has 0 N–H and O–H groups in total. The number of halogens is 9. The Bertz CT molecular complexity index is 1320. The van der Waals surface area contributed by atoms with Crippen molar-refractivity contribution in [2.45, 2.75) is 57.0 Å². The first-order chi connectivity index (χ1) is 18.4. The summed E-state index contributed by atoms with van der Waals surface area (Å²) in [6, 6.07) is 2.65. The van der Waals surface area contributed by atoms with Gasteiger partial charge in [0.1, 0.15) is 11.6 Å². The van der Waals surface area contributed by atoms with Crippen LogP contribution >= 0.6 is 0 Å². The van der Waals surface area contributed by atoms with Crippen LogP contribution in [0.5, 0.6) is 5.75 Å². The molecule has 3 aromatic rings. The highest BCUT2D eigenvalue weighted by Gasteiger charge is 2.39. The van der Waals surface area contributed by atoms with Crippen LogP contribution in [0.3, 0.4) is 0 Å². The normalized spacial score (nSPS) is 20.1. The number of alkyl halides is 2. The van der Waals surface area contributed by atoms with Crippen molar-refractivity contribution in [2.24, 2.45) is 11.8 Å². The molecule has 3 aromatic carbocycles. The summed E-state index contributed by atoms with van der Waals surface area (Å²) in [5, 5.41) is 0. The van der Waals surface area contributed by atoms with Crippen molar-refractivity contribution in [1.29, 1.82) is 0 Å². The third kappa shape index (κ3) is 5.34. The quantitative estimate of drug-likeness (QED) is 0.216. The lowest BCUT2D eigenvalue weighted by Crippen LogP contribution is -2.26. The molecule has 2 aliphatic rings. The molecule has 0 radical (unpaired) electrons. The smallest absolute Gasteiger partial charge is 0.423 e. The van der Waals surface area contributed by atoms with Gasteiger partial charge in [0.2, 0.25) is 0 Å². The van der Waals surface area contributed by atoms with Gasteiger partial charge in [0, 0.05) is 0 Å². The molecule has 0 aliphatic heterocycles. The van der Waals surface area contributed by atoms with Gasteiger partial charge < -0.3 is 4.74 Å². The second-order valence-electron chi connectivity index (χ2n) is 10.3. The third-order valence-electron chi connectivity index (χ3n) is 7.96. The average Bonchev–Trinajstić information content (AvgIpc) is 2.83. The van der Waals surface area contributed by atoms with Gasteiger partial charge in [-0.05, 0) is 91.0 Å². The van der Waals surface area contributed by atoms with E-state index in [1.54, 1.807) is 0 Å². The van der Waals surface area contributed by atoms with E-state index in [0.29, 0.717) is 29.5 Å². The Kier molecular flexibility index (Phi) is 7.33. The molecule has 0 spiro atoms. The summed E-state index contributed by atoms with van der Waals surface area (Å²) in [5.41, 5.74) is -3.01. The van der Waals surface area contributed by atoms with Crippen LogP contribution in [0.4, 0.5) is 39.5 Å². The largest absolute Gasteiger partial charge is 0.427 e. The minimum Gasteiger partial charge on any atom is -0.423 e. The minimum atomic E-state index is -4.59. The molecule has 0 unspecified atom stereocenters. The Morgan fingerprint density at radius 2 is 1.10 bits per heavy atom. The van der Waals surface area contributed by atoms with Gasteiger partial charge in [0.05, 0.1) is 11.1 Å². The van der Waals surface area contributed by atoms with Crippen molar-refractivity contribution in [3.05, 3.63) is 88.2 Å². The van der Waals surface area contributed by atoms with E-state index in [2.05, 4.69) is 4.74 Å². The second-order valence-corrected chi connectivity index (χ2v) is 10.3. The van der Waals surface area contributed by atoms with Crippen LogP contribution in [-0.2, 0) is 6.11 Å².